The van der Waals surface area contributed by atoms with E-state index in [4.69, 9.17) is 4.65 Å². The van der Waals surface area contributed by atoms with Crippen LogP contribution in [0.5, 0.6) is 0 Å². The molecule has 0 atom stereocenters. The third kappa shape index (κ3) is 4.05. The van der Waals surface area contributed by atoms with E-state index in [0.717, 1.165) is 6.26 Å². The molecule has 1 rings (SSSR count). The van der Waals surface area contributed by atoms with E-state index < -0.39 is 28.2 Å². The third-order valence-corrected chi connectivity index (χ3v) is 4.60. The average Bonchev–Trinajstić information content (AvgIpc) is 2.26. The van der Waals surface area contributed by atoms with Crippen LogP contribution in [0.4, 0.5) is 0 Å². The molecule has 0 aromatic heterocycles. The molecule has 20 heavy (non-hydrogen) atoms. The van der Waals surface area contributed by atoms with Crippen molar-refractivity contribution in [2.45, 2.75) is 43.8 Å². The van der Waals surface area contributed by atoms with Gasteiger partial charge in [0.25, 0.3) is 0 Å². The number of hydrogen-bond acceptors (Lipinski definition) is 5. The summed E-state index contributed by atoms with van der Waals surface area (Å²) in [6.07, 6.45) is 1.12. The van der Waals surface area contributed by atoms with Gasteiger partial charge in [-0.25, -0.2) is 8.42 Å². The van der Waals surface area contributed by atoms with Crippen molar-refractivity contribution in [1.82, 2.24) is 0 Å². The van der Waals surface area contributed by atoms with Gasteiger partial charge in [-0.05, 0) is 45.3 Å². The Morgan fingerprint density at radius 2 is 1.55 bits per heavy atom. The molecular formula is C13H21BO5S. The number of rotatable bonds is 5. The van der Waals surface area contributed by atoms with Crippen LogP contribution in [-0.4, -0.2) is 43.1 Å². The summed E-state index contributed by atoms with van der Waals surface area (Å²) >= 11 is 0. The maximum absolute atomic E-state index is 11.3. The molecule has 0 heterocycles. The molecule has 0 aliphatic rings. The third-order valence-electron chi connectivity index (χ3n) is 3.47. The summed E-state index contributed by atoms with van der Waals surface area (Å²) in [5.41, 5.74) is -1.68. The first kappa shape index (κ1) is 17.2. The molecular weight excluding hydrogens is 279 g/mol. The Labute approximate surface area is 120 Å². The highest BCUT2D eigenvalue weighted by Gasteiger charge is 2.39. The van der Waals surface area contributed by atoms with Gasteiger partial charge in [-0.15, -0.1) is 0 Å². The van der Waals surface area contributed by atoms with Crippen molar-refractivity contribution in [2.24, 2.45) is 0 Å². The summed E-state index contributed by atoms with van der Waals surface area (Å²) < 4.78 is 28.2. The summed E-state index contributed by atoms with van der Waals surface area (Å²) in [4.78, 5) is 0.176. The van der Waals surface area contributed by atoms with Gasteiger partial charge in [0.2, 0.25) is 0 Å². The van der Waals surface area contributed by atoms with E-state index in [0.29, 0.717) is 5.46 Å². The van der Waals surface area contributed by atoms with Gasteiger partial charge in [-0.3, -0.25) is 0 Å². The molecule has 0 amide bonds. The van der Waals surface area contributed by atoms with Crippen LogP contribution in [0.3, 0.4) is 0 Å². The highest BCUT2D eigenvalue weighted by Crippen LogP contribution is 2.25. The fourth-order valence-corrected chi connectivity index (χ4v) is 2.00. The zero-order chi connectivity index (χ0) is 15.8. The van der Waals surface area contributed by atoms with Crippen molar-refractivity contribution < 1.29 is 23.2 Å². The number of benzene rings is 1. The van der Waals surface area contributed by atoms with Crippen LogP contribution >= 0.6 is 0 Å². The lowest BCUT2D eigenvalue weighted by molar-refractivity contribution is -0.0982. The van der Waals surface area contributed by atoms with Crippen molar-refractivity contribution in [1.29, 1.82) is 0 Å². The maximum Gasteiger partial charge on any atom is 0.491 e. The molecule has 0 bridgehead atoms. The predicted molar refractivity (Wildman–Crippen MR) is 78.6 cm³/mol. The van der Waals surface area contributed by atoms with Gasteiger partial charge in [0.1, 0.15) is 0 Å². The fourth-order valence-electron chi connectivity index (χ4n) is 1.37. The van der Waals surface area contributed by atoms with Crippen molar-refractivity contribution >= 4 is 22.4 Å². The van der Waals surface area contributed by atoms with Crippen molar-refractivity contribution in [2.75, 3.05) is 6.26 Å². The van der Waals surface area contributed by atoms with Crippen LogP contribution < -0.4 is 5.46 Å². The second kappa shape index (κ2) is 5.48. The summed E-state index contributed by atoms with van der Waals surface area (Å²) in [5.74, 6) is 0. The van der Waals surface area contributed by atoms with Gasteiger partial charge in [0.15, 0.2) is 9.84 Å². The minimum Gasteiger partial charge on any atom is -0.423 e. The fraction of sp³-hybridized carbons (Fsp3) is 0.538. The van der Waals surface area contributed by atoms with Gasteiger partial charge in [0, 0.05) is 6.26 Å². The van der Waals surface area contributed by atoms with Gasteiger partial charge < -0.3 is 14.8 Å². The minimum atomic E-state index is -3.27. The van der Waals surface area contributed by atoms with E-state index in [1.807, 2.05) is 0 Å². The minimum absolute atomic E-state index is 0.176. The van der Waals surface area contributed by atoms with E-state index in [1.165, 1.54) is 24.3 Å². The molecule has 0 fully saturated rings. The normalized spacial score (nSPS) is 13.3. The number of hydrogen-bond donors (Lipinski definition) is 2. The van der Waals surface area contributed by atoms with Crippen molar-refractivity contribution in [3.05, 3.63) is 24.3 Å². The van der Waals surface area contributed by atoms with E-state index in [1.54, 1.807) is 27.7 Å². The molecule has 0 aliphatic heterocycles. The summed E-state index contributed by atoms with van der Waals surface area (Å²) in [6, 6.07) is 5.80. The molecule has 2 N–H and O–H groups in total. The SMILES string of the molecule is CC(C)(O)C(C)(C)OB(O)c1ccc(S(C)(=O)=O)cc1. The monoisotopic (exact) mass is 300 g/mol. The molecule has 0 unspecified atom stereocenters. The van der Waals surface area contributed by atoms with Gasteiger partial charge >= 0.3 is 7.12 Å². The van der Waals surface area contributed by atoms with Crippen LogP contribution in [0.2, 0.25) is 0 Å². The molecule has 0 radical (unpaired) electrons. The Morgan fingerprint density at radius 3 is 1.90 bits per heavy atom. The highest BCUT2D eigenvalue weighted by molar-refractivity contribution is 7.90. The summed E-state index contributed by atoms with van der Waals surface area (Å²) in [7, 11) is -4.51. The molecule has 1 aromatic carbocycles. The van der Waals surface area contributed by atoms with Gasteiger partial charge in [-0.1, -0.05) is 12.1 Å². The predicted octanol–water partition coefficient (Wildman–Crippen LogP) is 0.344. The topological polar surface area (TPSA) is 83.8 Å². The Balaban J connectivity index is 2.92. The van der Waals surface area contributed by atoms with E-state index in [9.17, 15) is 18.5 Å². The second-order valence-electron chi connectivity index (χ2n) is 5.88. The smallest absolute Gasteiger partial charge is 0.423 e. The lowest BCUT2D eigenvalue weighted by atomic mass is 9.76. The zero-order valence-electron chi connectivity index (χ0n) is 12.4. The Bertz CT molecular complexity index is 557. The molecule has 112 valence electrons. The van der Waals surface area contributed by atoms with Gasteiger partial charge in [0.05, 0.1) is 16.1 Å². The highest BCUT2D eigenvalue weighted by atomic mass is 32.2. The Kier molecular flexibility index (Phi) is 4.70. The van der Waals surface area contributed by atoms with Crippen LogP contribution in [0.25, 0.3) is 0 Å². The van der Waals surface area contributed by atoms with Crippen LogP contribution in [0, 0.1) is 0 Å². The zero-order valence-corrected chi connectivity index (χ0v) is 13.2. The largest absolute Gasteiger partial charge is 0.491 e. The first-order chi connectivity index (χ1) is 8.84. The van der Waals surface area contributed by atoms with Crippen LogP contribution in [-0.2, 0) is 14.5 Å². The Hall–Kier alpha value is -0.885. The maximum atomic E-state index is 11.3. The van der Waals surface area contributed by atoms with E-state index in [-0.39, 0.29) is 4.90 Å². The second-order valence-corrected chi connectivity index (χ2v) is 7.90. The average molecular weight is 300 g/mol. The van der Waals surface area contributed by atoms with Crippen molar-refractivity contribution in [3.8, 4) is 0 Å². The molecule has 0 spiro atoms. The molecule has 7 heteroatoms. The molecule has 1 aromatic rings. The molecule has 0 saturated carbocycles. The Morgan fingerprint density at radius 1 is 1.10 bits per heavy atom. The van der Waals surface area contributed by atoms with Crippen LogP contribution in [0.15, 0.2) is 29.2 Å². The van der Waals surface area contributed by atoms with Gasteiger partial charge in [-0.2, -0.15) is 0 Å². The molecule has 5 nitrogen and oxygen atoms in total. The van der Waals surface area contributed by atoms with E-state index >= 15 is 0 Å². The first-order valence-corrected chi connectivity index (χ1v) is 8.12. The molecule has 0 saturated heterocycles. The lowest BCUT2D eigenvalue weighted by Crippen LogP contribution is -2.53. The van der Waals surface area contributed by atoms with E-state index in [2.05, 4.69) is 0 Å². The lowest BCUT2D eigenvalue weighted by Gasteiger charge is -2.38. The van der Waals surface area contributed by atoms with Crippen LogP contribution in [0.1, 0.15) is 27.7 Å². The summed E-state index contributed by atoms with van der Waals surface area (Å²) in [5, 5.41) is 20.0. The quantitative estimate of drug-likeness (QED) is 0.766. The first-order valence-electron chi connectivity index (χ1n) is 6.23. The molecule has 0 aliphatic carbocycles. The number of aliphatic hydroxyl groups is 1. The van der Waals surface area contributed by atoms with Crippen molar-refractivity contribution in [3.63, 3.8) is 0 Å². The standard InChI is InChI=1S/C13H21BO5S/c1-12(2,15)13(3,4)19-14(16)10-6-8-11(9-7-10)20(5,17)18/h6-9,15-16H,1-5H3. The summed E-state index contributed by atoms with van der Waals surface area (Å²) in [6.45, 7) is 6.52. The number of sulfone groups is 1.